The van der Waals surface area contributed by atoms with Crippen molar-refractivity contribution in [3.63, 3.8) is 0 Å². The van der Waals surface area contributed by atoms with Crippen LogP contribution in [0.15, 0.2) is 52.1 Å². The molecule has 0 fully saturated rings. The van der Waals surface area contributed by atoms with E-state index >= 15 is 0 Å². The van der Waals surface area contributed by atoms with Crippen LogP contribution in [-0.4, -0.2) is 32.1 Å². The van der Waals surface area contributed by atoms with Crippen LogP contribution < -0.4 is 9.47 Å². The van der Waals surface area contributed by atoms with Crippen LogP contribution in [0.3, 0.4) is 0 Å². The van der Waals surface area contributed by atoms with Crippen molar-refractivity contribution in [1.82, 2.24) is 25.3 Å². The summed E-state index contributed by atoms with van der Waals surface area (Å²) in [6, 6.07) is 13.7. The second-order valence-corrected chi connectivity index (χ2v) is 7.14. The zero-order valence-electron chi connectivity index (χ0n) is 14.9. The number of nitrogens with one attached hydrogen (secondary N) is 1. The minimum atomic E-state index is 0.230. The average Bonchev–Trinajstić information content (AvgIpc) is 3.46. The number of hydrogen-bond acceptors (Lipinski definition) is 8. The summed E-state index contributed by atoms with van der Waals surface area (Å²) in [6.07, 6.45) is 0. The molecule has 5 rings (SSSR count). The van der Waals surface area contributed by atoms with Gasteiger partial charge in [0, 0.05) is 11.1 Å². The molecule has 2 aromatic carbocycles. The molecule has 1 aliphatic rings. The summed E-state index contributed by atoms with van der Waals surface area (Å²) in [5.74, 6) is 3.61. The maximum Gasteiger partial charge on any atom is 0.237 e. The lowest BCUT2D eigenvalue weighted by molar-refractivity contribution is 0.174. The second-order valence-electron chi connectivity index (χ2n) is 6.20. The Morgan fingerprint density at radius 1 is 1.00 bits per heavy atom. The largest absolute Gasteiger partial charge is 0.454 e. The van der Waals surface area contributed by atoms with Crippen molar-refractivity contribution in [2.45, 2.75) is 17.8 Å². The summed E-state index contributed by atoms with van der Waals surface area (Å²) in [7, 11) is 0. The molecule has 1 aliphatic heterocycles. The Bertz CT molecular complexity index is 1120. The summed E-state index contributed by atoms with van der Waals surface area (Å²) in [5.41, 5.74) is 3.00. The fourth-order valence-electron chi connectivity index (χ4n) is 2.74. The lowest BCUT2D eigenvalue weighted by atomic mass is 10.1. The van der Waals surface area contributed by atoms with Crippen molar-refractivity contribution in [3.8, 4) is 34.3 Å². The van der Waals surface area contributed by atoms with Crippen molar-refractivity contribution in [2.24, 2.45) is 0 Å². The Morgan fingerprint density at radius 2 is 1.82 bits per heavy atom. The van der Waals surface area contributed by atoms with Gasteiger partial charge in [-0.15, -0.1) is 5.10 Å². The zero-order chi connectivity index (χ0) is 18.9. The summed E-state index contributed by atoms with van der Waals surface area (Å²) in [4.78, 5) is 8.94. The molecule has 8 nitrogen and oxygen atoms in total. The van der Waals surface area contributed by atoms with Crippen LogP contribution in [-0.2, 0) is 5.75 Å². The predicted octanol–water partition coefficient (Wildman–Crippen LogP) is 3.85. The summed E-state index contributed by atoms with van der Waals surface area (Å²) in [5, 5.41) is 11.9. The SMILES string of the molecule is Cc1ccc(-c2nc(SCc3nc(-c4ccc5c(c4)OCO5)no3)n[nH]2)cc1. The van der Waals surface area contributed by atoms with Crippen molar-refractivity contribution >= 4 is 11.8 Å². The topological polar surface area (TPSA) is 99.0 Å². The van der Waals surface area contributed by atoms with E-state index in [2.05, 4.69) is 25.3 Å². The van der Waals surface area contributed by atoms with Gasteiger partial charge in [0.1, 0.15) is 0 Å². The van der Waals surface area contributed by atoms with Gasteiger partial charge in [0.05, 0.1) is 5.75 Å². The van der Waals surface area contributed by atoms with Crippen LogP contribution in [0.25, 0.3) is 22.8 Å². The lowest BCUT2D eigenvalue weighted by Gasteiger charge is -1.97. The van der Waals surface area contributed by atoms with E-state index in [0.717, 1.165) is 22.7 Å². The van der Waals surface area contributed by atoms with Crippen LogP contribution in [0.1, 0.15) is 11.5 Å². The lowest BCUT2D eigenvalue weighted by Crippen LogP contribution is -1.92. The molecule has 140 valence electrons. The number of aromatic nitrogens is 5. The van der Waals surface area contributed by atoms with E-state index in [9.17, 15) is 0 Å². The number of ether oxygens (including phenoxy) is 2. The van der Waals surface area contributed by atoms with Crippen LogP contribution in [0.5, 0.6) is 11.5 Å². The first-order valence-corrected chi connectivity index (χ1v) is 9.58. The minimum absolute atomic E-state index is 0.230. The van der Waals surface area contributed by atoms with Crippen molar-refractivity contribution in [1.29, 1.82) is 0 Å². The molecular weight excluding hydrogens is 378 g/mol. The average molecular weight is 393 g/mol. The number of H-pyrrole nitrogens is 1. The summed E-state index contributed by atoms with van der Waals surface area (Å²) in [6.45, 7) is 2.28. The molecule has 9 heteroatoms. The monoisotopic (exact) mass is 393 g/mol. The Balaban J connectivity index is 1.26. The normalized spacial score (nSPS) is 12.5. The standard InChI is InChI=1S/C19H15N5O3S/c1-11-2-4-12(5-3-11)17-21-19(23-22-17)28-9-16-20-18(24-27-16)13-6-7-14-15(8-13)26-10-25-14/h2-8H,9-10H2,1H3,(H,21,22,23). The smallest absolute Gasteiger partial charge is 0.237 e. The van der Waals surface area contributed by atoms with Crippen LogP contribution in [0, 0.1) is 6.92 Å². The van der Waals surface area contributed by atoms with E-state index in [1.54, 1.807) is 0 Å². The first kappa shape index (κ1) is 16.8. The Labute approximate surface area is 164 Å². The minimum Gasteiger partial charge on any atom is -0.454 e. The fourth-order valence-corrected chi connectivity index (χ4v) is 3.38. The molecule has 28 heavy (non-hydrogen) atoms. The zero-order valence-corrected chi connectivity index (χ0v) is 15.7. The molecule has 0 saturated heterocycles. The van der Waals surface area contributed by atoms with E-state index in [1.165, 1.54) is 17.3 Å². The van der Waals surface area contributed by atoms with Crippen molar-refractivity contribution in [2.75, 3.05) is 6.79 Å². The molecule has 0 bridgehead atoms. The molecule has 0 radical (unpaired) electrons. The van der Waals surface area contributed by atoms with E-state index < -0.39 is 0 Å². The van der Waals surface area contributed by atoms with Gasteiger partial charge in [-0.3, -0.25) is 5.10 Å². The van der Waals surface area contributed by atoms with Crippen molar-refractivity contribution in [3.05, 3.63) is 53.9 Å². The van der Waals surface area contributed by atoms with E-state index in [-0.39, 0.29) is 6.79 Å². The maximum absolute atomic E-state index is 5.39. The second kappa shape index (κ2) is 7.01. The number of aromatic amines is 1. The molecule has 3 heterocycles. The molecule has 0 spiro atoms. The molecule has 0 unspecified atom stereocenters. The van der Waals surface area contributed by atoms with Gasteiger partial charge in [-0.05, 0) is 25.1 Å². The third-order valence-electron chi connectivity index (χ3n) is 4.21. The van der Waals surface area contributed by atoms with Gasteiger partial charge in [-0.2, -0.15) is 4.98 Å². The first-order valence-electron chi connectivity index (χ1n) is 8.59. The summed E-state index contributed by atoms with van der Waals surface area (Å²) >= 11 is 1.43. The van der Waals surface area contributed by atoms with Gasteiger partial charge in [-0.25, -0.2) is 4.98 Å². The van der Waals surface area contributed by atoms with Gasteiger partial charge in [-0.1, -0.05) is 46.7 Å². The van der Waals surface area contributed by atoms with Crippen LogP contribution >= 0.6 is 11.8 Å². The number of fused-ring (bicyclic) bond motifs is 1. The van der Waals surface area contributed by atoms with Gasteiger partial charge >= 0.3 is 0 Å². The Kier molecular flexibility index (Phi) is 4.21. The van der Waals surface area contributed by atoms with E-state index in [4.69, 9.17) is 14.0 Å². The molecular formula is C19H15N5O3S. The molecule has 0 aliphatic carbocycles. The van der Waals surface area contributed by atoms with Gasteiger partial charge in [0.25, 0.3) is 0 Å². The van der Waals surface area contributed by atoms with E-state index in [1.807, 2.05) is 49.4 Å². The fraction of sp³-hybridized carbons (Fsp3) is 0.158. The Hall–Kier alpha value is -3.33. The number of hydrogen-bond donors (Lipinski definition) is 1. The van der Waals surface area contributed by atoms with E-state index in [0.29, 0.717) is 28.4 Å². The summed E-state index contributed by atoms with van der Waals surface area (Å²) < 4.78 is 16.0. The first-order chi connectivity index (χ1) is 13.7. The molecule has 2 aromatic heterocycles. The Morgan fingerprint density at radius 3 is 2.71 bits per heavy atom. The van der Waals surface area contributed by atoms with Crippen molar-refractivity contribution < 1.29 is 14.0 Å². The van der Waals surface area contributed by atoms with Gasteiger partial charge in [0.15, 0.2) is 17.3 Å². The molecule has 4 aromatic rings. The van der Waals surface area contributed by atoms with Gasteiger partial charge < -0.3 is 14.0 Å². The molecule has 0 saturated carbocycles. The predicted molar refractivity (Wildman–Crippen MR) is 102 cm³/mol. The number of aryl methyl sites for hydroxylation is 1. The molecule has 1 N–H and O–H groups in total. The number of benzene rings is 2. The highest BCUT2D eigenvalue weighted by Gasteiger charge is 2.17. The van der Waals surface area contributed by atoms with Crippen LogP contribution in [0.4, 0.5) is 0 Å². The number of rotatable bonds is 5. The van der Waals surface area contributed by atoms with Crippen LogP contribution in [0.2, 0.25) is 0 Å². The quantitative estimate of drug-likeness (QED) is 0.511. The maximum atomic E-state index is 5.39. The highest BCUT2D eigenvalue weighted by molar-refractivity contribution is 7.98. The number of thioether (sulfide) groups is 1. The molecule has 0 amide bonds. The highest BCUT2D eigenvalue weighted by atomic mass is 32.2. The van der Waals surface area contributed by atoms with Gasteiger partial charge in [0.2, 0.25) is 23.7 Å². The third-order valence-corrected chi connectivity index (χ3v) is 5.05. The number of nitrogens with zero attached hydrogens (tertiary/aromatic N) is 4. The molecule has 0 atom stereocenters. The third kappa shape index (κ3) is 3.31. The highest BCUT2D eigenvalue weighted by Crippen LogP contribution is 2.35.